The maximum atomic E-state index is 8.81. The first-order valence-electron chi connectivity index (χ1n) is 6.57. The number of rotatable bonds is 8. The van der Waals surface area contributed by atoms with Crippen LogP contribution in [0.15, 0.2) is 0 Å². The average molecular weight is 224 g/mol. The SMILES string of the molecule is CCCCOCCN(CC#N)C1CCCC1. The molecule has 0 atom stereocenters. The highest BCUT2D eigenvalue weighted by Gasteiger charge is 2.21. The van der Waals surface area contributed by atoms with Gasteiger partial charge in [-0.3, -0.25) is 4.90 Å². The number of nitriles is 1. The third kappa shape index (κ3) is 4.96. The molecule has 0 N–H and O–H groups in total. The molecule has 0 saturated heterocycles. The fourth-order valence-electron chi connectivity index (χ4n) is 2.28. The predicted octanol–water partition coefficient (Wildman–Crippen LogP) is 2.57. The van der Waals surface area contributed by atoms with Crippen LogP contribution in [0, 0.1) is 11.3 Å². The van der Waals surface area contributed by atoms with Gasteiger partial charge in [-0.15, -0.1) is 0 Å². The summed E-state index contributed by atoms with van der Waals surface area (Å²) in [6, 6.07) is 2.90. The first-order chi connectivity index (χ1) is 7.88. The van der Waals surface area contributed by atoms with E-state index in [1.54, 1.807) is 0 Å². The van der Waals surface area contributed by atoms with Crippen LogP contribution < -0.4 is 0 Å². The molecular weight excluding hydrogens is 200 g/mol. The van der Waals surface area contributed by atoms with Crippen LogP contribution in [0.2, 0.25) is 0 Å². The Kier molecular flexibility index (Phi) is 7.20. The second-order valence-electron chi connectivity index (χ2n) is 4.53. The van der Waals surface area contributed by atoms with Crippen molar-refractivity contribution in [3.63, 3.8) is 0 Å². The molecule has 0 spiro atoms. The monoisotopic (exact) mass is 224 g/mol. The van der Waals surface area contributed by atoms with Crippen LogP contribution in [-0.2, 0) is 4.74 Å². The largest absolute Gasteiger partial charge is 0.380 e. The summed E-state index contributed by atoms with van der Waals surface area (Å²) in [7, 11) is 0. The Morgan fingerprint density at radius 2 is 2.06 bits per heavy atom. The van der Waals surface area contributed by atoms with Gasteiger partial charge < -0.3 is 4.74 Å². The summed E-state index contributed by atoms with van der Waals surface area (Å²) in [6.45, 7) is 5.29. The molecule has 1 rings (SSSR count). The van der Waals surface area contributed by atoms with Gasteiger partial charge in [0.1, 0.15) is 0 Å². The molecule has 0 bridgehead atoms. The second kappa shape index (κ2) is 8.55. The van der Waals surface area contributed by atoms with Gasteiger partial charge in [-0.1, -0.05) is 26.2 Å². The Morgan fingerprint density at radius 3 is 2.69 bits per heavy atom. The Morgan fingerprint density at radius 1 is 1.31 bits per heavy atom. The van der Waals surface area contributed by atoms with Gasteiger partial charge in [0.05, 0.1) is 19.2 Å². The van der Waals surface area contributed by atoms with Crippen LogP contribution in [0.1, 0.15) is 45.4 Å². The van der Waals surface area contributed by atoms with Gasteiger partial charge in [0.15, 0.2) is 0 Å². The van der Waals surface area contributed by atoms with Crippen LogP contribution >= 0.6 is 0 Å². The zero-order valence-electron chi connectivity index (χ0n) is 10.5. The van der Waals surface area contributed by atoms with Crippen molar-refractivity contribution in [2.45, 2.75) is 51.5 Å². The lowest BCUT2D eigenvalue weighted by Gasteiger charge is -2.25. The summed E-state index contributed by atoms with van der Waals surface area (Å²) in [6.07, 6.45) is 7.49. The first kappa shape index (κ1) is 13.5. The van der Waals surface area contributed by atoms with E-state index in [1.165, 1.54) is 32.1 Å². The van der Waals surface area contributed by atoms with Gasteiger partial charge in [0.25, 0.3) is 0 Å². The van der Waals surface area contributed by atoms with Gasteiger partial charge in [-0.05, 0) is 19.3 Å². The number of hydrogen-bond donors (Lipinski definition) is 0. The zero-order valence-corrected chi connectivity index (χ0v) is 10.5. The van der Waals surface area contributed by atoms with E-state index >= 15 is 0 Å². The summed E-state index contributed by atoms with van der Waals surface area (Å²) in [5, 5.41) is 8.81. The van der Waals surface area contributed by atoms with E-state index in [0.717, 1.165) is 26.2 Å². The van der Waals surface area contributed by atoms with Crippen molar-refractivity contribution in [2.75, 3.05) is 26.3 Å². The molecule has 92 valence electrons. The molecule has 1 fully saturated rings. The molecule has 0 aromatic heterocycles. The molecule has 0 unspecified atom stereocenters. The van der Waals surface area contributed by atoms with Crippen LogP contribution in [0.25, 0.3) is 0 Å². The van der Waals surface area contributed by atoms with Crippen molar-refractivity contribution in [3.05, 3.63) is 0 Å². The molecule has 0 aromatic rings. The van der Waals surface area contributed by atoms with Crippen LogP contribution in [0.5, 0.6) is 0 Å². The molecule has 1 aliphatic carbocycles. The summed E-state index contributed by atoms with van der Waals surface area (Å²) >= 11 is 0. The van der Waals surface area contributed by atoms with Crippen molar-refractivity contribution in [2.24, 2.45) is 0 Å². The van der Waals surface area contributed by atoms with E-state index in [2.05, 4.69) is 17.9 Å². The summed E-state index contributed by atoms with van der Waals surface area (Å²) in [4.78, 5) is 2.29. The third-order valence-corrected chi connectivity index (χ3v) is 3.28. The molecule has 1 saturated carbocycles. The molecule has 0 amide bonds. The lowest BCUT2D eigenvalue weighted by Crippen LogP contribution is -2.36. The van der Waals surface area contributed by atoms with Gasteiger partial charge >= 0.3 is 0 Å². The minimum Gasteiger partial charge on any atom is -0.380 e. The van der Waals surface area contributed by atoms with Crippen LogP contribution in [0.3, 0.4) is 0 Å². The van der Waals surface area contributed by atoms with E-state index < -0.39 is 0 Å². The Bertz CT molecular complexity index is 206. The topological polar surface area (TPSA) is 36.3 Å². The quantitative estimate of drug-likeness (QED) is 0.469. The van der Waals surface area contributed by atoms with E-state index in [1.807, 2.05) is 0 Å². The zero-order chi connectivity index (χ0) is 11.6. The standard InChI is InChI=1S/C13H24N2O/c1-2-3-11-16-12-10-15(9-8-14)13-6-4-5-7-13/h13H,2-7,9-12H2,1H3. The van der Waals surface area contributed by atoms with Crippen molar-refractivity contribution in [3.8, 4) is 6.07 Å². The van der Waals surface area contributed by atoms with Crippen molar-refractivity contribution in [1.82, 2.24) is 4.90 Å². The van der Waals surface area contributed by atoms with E-state index in [-0.39, 0.29) is 0 Å². The normalized spacial score (nSPS) is 16.8. The molecule has 3 heteroatoms. The third-order valence-electron chi connectivity index (χ3n) is 3.28. The molecule has 3 nitrogen and oxygen atoms in total. The Labute approximate surface area is 99.4 Å². The molecule has 0 radical (unpaired) electrons. The molecule has 16 heavy (non-hydrogen) atoms. The predicted molar refractivity (Wildman–Crippen MR) is 65.2 cm³/mol. The van der Waals surface area contributed by atoms with Crippen LogP contribution in [-0.4, -0.2) is 37.2 Å². The van der Waals surface area contributed by atoms with Crippen molar-refractivity contribution in [1.29, 1.82) is 5.26 Å². The minimum atomic E-state index is 0.557. The summed E-state index contributed by atoms with van der Waals surface area (Å²) in [5.41, 5.74) is 0. The van der Waals surface area contributed by atoms with E-state index in [0.29, 0.717) is 12.6 Å². The highest BCUT2D eigenvalue weighted by atomic mass is 16.5. The molecule has 0 heterocycles. The first-order valence-corrected chi connectivity index (χ1v) is 6.57. The van der Waals surface area contributed by atoms with Gasteiger partial charge in [0, 0.05) is 19.2 Å². The van der Waals surface area contributed by atoms with Gasteiger partial charge in [-0.25, -0.2) is 0 Å². The van der Waals surface area contributed by atoms with Crippen molar-refractivity contribution < 1.29 is 4.74 Å². The number of hydrogen-bond acceptors (Lipinski definition) is 3. The lowest BCUT2D eigenvalue weighted by molar-refractivity contribution is 0.0916. The second-order valence-corrected chi connectivity index (χ2v) is 4.53. The molecule has 0 aromatic carbocycles. The minimum absolute atomic E-state index is 0.557. The summed E-state index contributed by atoms with van der Waals surface area (Å²) in [5.74, 6) is 0. The fourth-order valence-corrected chi connectivity index (χ4v) is 2.28. The average Bonchev–Trinajstić information content (AvgIpc) is 2.81. The number of ether oxygens (including phenoxy) is 1. The van der Waals surface area contributed by atoms with Gasteiger partial charge in [0.2, 0.25) is 0 Å². The fraction of sp³-hybridized carbons (Fsp3) is 0.923. The number of nitrogens with zero attached hydrogens (tertiary/aromatic N) is 2. The Balaban J connectivity index is 2.15. The smallest absolute Gasteiger partial charge is 0.0869 e. The maximum absolute atomic E-state index is 8.81. The van der Waals surface area contributed by atoms with E-state index in [9.17, 15) is 0 Å². The molecule has 1 aliphatic rings. The molecular formula is C13H24N2O. The molecule has 0 aliphatic heterocycles. The van der Waals surface area contributed by atoms with Gasteiger partial charge in [-0.2, -0.15) is 5.26 Å². The number of unbranched alkanes of at least 4 members (excludes halogenated alkanes) is 1. The highest BCUT2D eigenvalue weighted by Crippen LogP contribution is 2.22. The van der Waals surface area contributed by atoms with Crippen LogP contribution in [0.4, 0.5) is 0 Å². The van der Waals surface area contributed by atoms with Crippen molar-refractivity contribution >= 4 is 0 Å². The highest BCUT2D eigenvalue weighted by molar-refractivity contribution is 4.84. The lowest BCUT2D eigenvalue weighted by atomic mass is 10.2. The maximum Gasteiger partial charge on any atom is 0.0869 e. The summed E-state index contributed by atoms with van der Waals surface area (Å²) < 4.78 is 5.56. The Hall–Kier alpha value is -0.590. The van der Waals surface area contributed by atoms with E-state index in [4.69, 9.17) is 10.00 Å².